The zero-order valence-electron chi connectivity index (χ0n) is 27.3. The van der Waals surface area contributed by atoms with E-state index < -0.39 is 0 Å². The van der Waals surface area contributed by atoms with E-state index in [0.29, 0.717) is 28.9 Å². The molecule has 0 N–H and O–H groups in total. The van der Waals surface area contributed by atoms with Gasteiger partial charge >= 0.3 is 0 Å². The minimum absolute atomic E-state index is 0.158. The smallest absolute Gasteiger partial charge is 0.193 e. The van der Waals surface area contributed by atoms with Crippen LogP contribution in [0, 0.1) is 0 Å². The van der Waals surface area contributed by atoms with Crippen LogP contribution in [0.5, 0.6) is 0 Å². The molecule has 7 aromatic rings. The van der Waals surface area contributed by atoms with Crippen molar-refractivity contribution >= 4 is 17.1 Å². The summed E-state index contributed by atoms with van der Waals surface area (Å²) < 4.78 is 5.90. The molecule has 1 heterocycles. The highest BCUT2D eigenvalue weighted by Gasteiger charge is 2.28. The lowest BCUT2D eigenvalue weighted by Gasteiger charge is -2.16. The minimum Gasteiger partial charge on any atom is -0.486 e. The average molecular weight is 645 g/mol. The second-order valence-electron chi connectivity index (χ2n) is 12.3. The summed E-state index contributed by atoms with van der Waals surface area (Å²) in [5, 5.41) is 0. The molecule has 3 heteroatoms. The first-order chi connectivity index (χ1) is 24.7. The second kappa shape index (κ2) is 13.5. The fourth-order valence-corrected chi connectivity index (χ4v) is 6.66. The Labute approximate surface area is 291 Å². The van der Waals surface area contributed by atoms with Crippen molar-refractivity contribution in [1.29, 1.82) is 0 Å². The third-order valence-electron chi connectivity index (χ3n) is 9.11. The number of hydrogen-bond acceptors (Lipinski definition) is 3. The van der Waals surface area contributed by atoms with Gasteiger partial charge in [-0.05, 0) is 62.7 Å². The van der Waals surface area contributed by atoms with Gasteiger partial charge in [0.2, 0.25) is 0 Å². The van der Waals surface area contributed by atoms with Crippen LogP contribution in [0.1, 0.15) is 43.0 Å². The molecule has 3 nitrogen and oxygen atoms in total. The lowest BCUT2D eigenvalue weighted by Crippen LogP contribution is -2.10. The maximum Gasteiger partial charge on any atom is 0.193 e. The van der Waals surface area contributed by atoms with Crippen molar-refractivity contribution in [3.8, 4) is 33.4 Å². The Hall–Kier alpha value is -6.58. The van der Waals surface area contributed by atoms with Crippen molar-refractivity contribution in [2.24, 2.45) is 0 Å². The van der Waals surface area contributed by atoms with Gasteiger partial charge in [-0.25, -0.2) is 0 Å². The van der Waals surface area contributed by atoms with Gasteiger partial charge in [-0.15, -0.1) is 0 Å². The van der Waals surface area contributed by atoms with Crippen LogP contribution in [0.25, 0.3) is 39.0 Å². The molecule has 0 aliphatic carbocycles. The molecule has 50 heavy (non-hydrogen) atoms. The second-order valence-corrected chi connectivity index (χ2v) is 12.3. The summed E-state index contributed by atoms with van der Waals surface area (Å²) in [6.45, 7) is 0.480. The quantitative estimate of drug-likeness (QED) is 0.116. The Bertz CT molecular complexity index is 2270. The molecule has 0 bridgehead atoms. The van der Waals surface area contributed by atoms with E-state index in [-0.39, 0.29) is 11.6 Å². The van der Waals surface area contributed by atoms with Crippen LogP contribution in [0.2, 0.25) is 0 Å². The number of hydrogen-bond donors (Lipinski definition) is 0. The molecule has 1 aliphatic heterocycles. The number of epoxide rings is 1. The molecule has 7 aromatic carbocycles. The lowest BCUT2D eigenvalue weighted by atomic mass is 9.85. The van der Waals surface area contributed by atoms with Crippen molar-refractivity contribution in [2.45, 2.75) is 0 Å². The Morgan fingerprint density at radius 2 is 0.700 bits per heavy atom. The van der Waals surface area contributed by atoms with Gasteiger partial charge in [-0.3, -0.25) is 9.59 Å². The van der Waals surface area contributed by atoms with E-state index in [1.165, 1.54) is 0 Å². The van der Waals surface area contributed by atoms with E-state index in [1.807, 2.05) is 152 Å². The van der Waals surface area contributed by atoms with Crippen LogP contribution in [-0.2, 0) is 4.74 Å². The number of carbonyl (C=O) groups excluding carboxylic acids is 2. The first kappa shape index (κ1) is 30.7. The summed E-state index contributed by atoms with van der Waals surface area (Å²) in [7, 11) is 0. The van der Waals surface area contributed by atoms with E-state index in [2.05, 4.69) is 24.3 Å². The molecule has 0 radical (unpaired) electrons. The monoisotopic (exact) mass is 644 g/mol. The fraction of sp³-hybridized carbons (Fsp3) is 0.0213. The third-order valence-corrected chi connectivity index (χ3v) is 9.11. The highest BCUT2D eigenvalue weighted by molar-refractivity contribution is 6.17. The summed E-state index contributed by atoms with van der Waals surface area (Å²) in [6.07, 6.45) is 0. The van der Waals surface area contributed by atoms with Gasteiger partial charge in [-0.2, -0.15) is 0 Å². The molecule has 1 aliphatic rings. The number of carbonyl (C=O) groups is 2. The number of ketones is 2. The number of rotatable bonds is 9. The first-order valence-corrected chi connectivity index (χ1v) is 16.7. The zero-order chi connectivity index (χ0) is 33.9. The molecule has 0 saturated carbocycles. The minimum atomic E-state index is -0.158. The summed E-state index contributed by atoms with van der Waals surface area (Å²) in [4.78, 5) is 29.3. The SMILES string of the molecule is O=C(c1cc(C(=O)c2ccccc2-c2ccccc2)cc(/C(=C2\CO2)c2ccccc2-c2ccccc2)c1)c1ccccc1-c1ccccc1. The fourth-order valence-electron chi connectivity index (χ4n) is 6.66. The van der Waals surface area contributed by atoms with Gasteiger partial charge in [-0.1, -0.05) is 164 Å². The van der Waals surface area contributed by atoms with Crippen molar-refractivity contribution in [3.63, 3.8) is 0 Å². The van der Waals surface area contributed by atoms with E-state index in [1.54, 1.807) is 6.07 Å². The Kier molecular flexibility index (Phi) is 8.30. The van der Waals surface area contributed by atoms with Crippen LogP contribution in [0.4, 0.5) is 0 Å². The molecular formula is C47H32O3. The predicted molar refractivity (Wildman–Crippen MR) is 201 cm³/mol. The molecule has 238 valence electrons. The maximum absolute atomic E-state index is 14.7. The maximum atomic E-state index is 14.7. The Morgan fingerprint density at radius 1 is 0.380 bits per heavy atom. The summed E-state index contributed by atoms with van der Waals surface area (Å²) in [5.74, 6) is 0.508. The molecule has 0 aromatic heterocycles. The van der Waals surface area contributed by atoms with Gasteiger partial charge in [0.25, 0.3) is 0 Å². The van der Waals surface area contributed by atoms with Crippen molar-refractivity contribution in [2.75, 3.05) is 6.61 Å². The summed E-state index contributed by atoms with van der Waals surface area (Å²) >= 11 is 0. The Balaban J connectivity index is 1.33. The molecule has 0 unspecified atom stereocenters. The lowest BCUT2D eigenvalue weighted by molar-refractivity contribution is 0.103. The van der Waals surface area contributed by atoms with Gasteiger partial charge < -0.3 is 4.74 Å². The molecule has 0 atom stereocenters. The van der Waals surface area contributed by atoms with Crippen LogP contribution < -0.4 is 0 Å². The largest absolute Gasteiger partial charge is 0.486 e. The van der Waals surface area contributed by atoms with Crippen LogP contribution >= 0.6 is 0 Å². The molecular weight excluding hydrogens is 613 g/mol. The number of benzene rings is 7. The third kappa shape index (κ3) is 6.09. The van der Waals surface area contributed by atoms with E-state index in [0.717, 1.165) is 55.8 Å². The number of ether oxygens (including phenoxy) is 1. The van der Waals surface area contributed by atoms with E-state index >= 15 is 0 Å². The predicted octanol–water partition coefficient (Wildman–Crippen LogP) is 10.9. The van der Waals surface area contributed by atoms with Gasteiger partial charge in [0.05, 0.1) is 0 Å². The summed E-state index contributed by atoms with van der Waals surface area (Å²) in [5.41, 5.74) is 10.3. The molecule has 8 rings (SSSR count). The Morgan fingerprint density at radius 3 is 1.10 bits per heavy atom. The molecule has 1 saturated heterocycles. The average Bonchev–Trinajstić information content (AvgIpc) is 4.04. The highest BCUT2D eigenvalue weighted by atomic mass is 16.6. The molecule has 0 amide bonds. The van der Waals surface area contributed by atoms with Crippen molar-refractivity contribution in [3.05, 3.63) is 221 Å². The van der Waals surface area contributed by atoms with Gasteiger partial charge in [0.1, 0.15) is 12.4 Å². The topological polar surface area (TPSA) is 46.7 Å². The van der Waals surface area contributed by atoms with Gasteiger partial charge in [0.15, 0.2) is 11.6 Å². The van der Waals surface area contributed by atoms with Crippen LogP contribution in [0.3, 0.4) is 0 Å². The summed E-state index contributed by atoms with van der Waals surface area (Å²) in [6, 6.07) is 59.1. The van der Waals surface area contributed by atoms with Crippen LogP contribution in [0.15, 0.2) is 188 Å². The molecule has 0 spiro atoms. The molecule has 1 fully saturated rings. The normalized spacial score (nSPS) is 12.9. The van der Waals surface area contributed by atoms with Crippen molar-refractivity contribution < 1.29 is 14.3 Å². The van der Waals surface area contributed by atoms with Gasteiger partial charge in [0, 0.05) is 27.8 Å². The highest BCUT2D eigenvalue weighted by Crippen LogP contribution is 2.40. The zero-order valence-corrected chi connectivity index (χ0v) is 27.3. The van der Waals surface area contributed by atoms with Crippen LogP contribution in [-0.4, -0.2) is 18.2 Å². The van der Waals surface area contributed by atoms with Crippen molar-refractivity contribution in [1.82, 2.24) is 0 Å². The standard InChI is InChI=1S/C47H32O3/c48-46(42-26-14-11-23-39(42)33-18-6-2-7-19-33)36-28-35(45(44-31-50-44)41-25-13-10-22-38(41)32-16-4-1-5-17-32)29-37(30-36)47(49)43-27-15-12-24-40(43)34-20-8-3-9-21-34/h1-30H,31H2/b45-44-. The van der Waals surface area contributed by atoms with E-state index in [4.69, 9.17) is 4.74 Å². The first-order valence-electron chi connectivity index (χ1n) is 16.7. The van der Waals surface area contributed by atoms with E-state index in [9.17, 15) is 9.59 Å².